The fraction of sp³-hybridized carbons (Fsp3) is 0.562. The number of amides is 1. The first kappa shape index (κ1) is 17.6. The van der Waals surface area contributed by atoms with Crippen LogP contribution in [-0.4, -0.2) is 67.9 Å². The average molecular weight is 375 g/mol. The Labute approximate surface area is 146 Å². The van der Waals surface area contributed by atoms with Crippen molar-refractivity contribution in [1.82, 2.24) is 9.80 Å². The number of hydrogen-bond donors (Lipinski definition) is 0. The van der Waals surface area contributed by atoms with Crippen LogP contribution in [0, 0.1) is 5.82 Å². The second kappa shape index (κ2) is 6.98. The van der Waals surface area contributed by atoms with Crippen LogP contribution in [0.25, 0.3) is 0 Å². The summed E-state index contributed by atoms with van der Waals surface area (Å²) in [7, 11) is -2.90. The maximum absolute atomic E-state index is 13.8. The van der Waals surface area contributed by atoms with Gasteiger partial charge in [-0.05, 0) is 18.6 Å². The summed E-state index contributed by atoms with van der Waals surface area (Å²) in [5.74, 6) is -0.152. The van der Waals surface area contributed by atoms with Crippen molar-refractivity contribution < 1.29 is 17.6 Å². The zero-order chi connectivity index (χ0) is 17.3. The van der Waals surface area contributed by atoms with Crippen molar-refractivity contribution in [2.24, 2.45) is 0 Å². The van der Waals surface area contributed by atoms with Gasteiger partial charge in [0.05, 0.1) is 17.9 Å². The molecule has 0 N–H and O–H groups in total. The van der Waals surface area contributed by atoms with Gasteiger partial charge in [0.2, 0.25) is 5.91 Å². The fourth-order valence-electron chi connectivity index (χ4n) is 3.36. The standard InChI is InChI=1S/C16H20ClFN2O3S/c17-14-2-1-3-15(18)13(14)10-16(21)20-7-5-19(6-8-20)12-4-9-24(22,23)11-12/h1-3,12H,4-11H2/t12-/m0/s1. The molecule has 0 saturated carbocycles. The minimum Gasteiger partial charge on any atom is -0.340 e. The van der Waals surface area contributed by atoms with E-state index >= 15 is 0 Å². The molecule has 0 aliphatic carbocycles. The van der Waals surface area contributed by atoms with Crippen molar-refractivity contribution in [3.05, 3.63) is 34.6 Å². The van der Waals surface area contributed by atoms with Crippen LogP contribution in [0.15, 0.2) is 18.2 Å². The lowest BCUT2D eigenvalue weighted by Gasteiger charge is -2.37. The van der Waals surface area contributed by atoms with Crippen LogP contribution in [0.1, 0.15) is 12.0 Å². The number of hydrogen-bond acceptors (Lipinski definition) is 4. The average Bonchev–Trinajstić information content (AvgIpc) is 2.91. The molecule has 2 fully saturated rings. The number of piperazine rings is 1. The molecule has 1 aromatic carbocycles. The third kappa shape index (κ3) is 3.90. The highest BCUT2D eigenvalue weighted by molar-refractivity contribution is 7.91. The first-order valence-electron chi connectivity index (χ1n) is 8.01. The van der Waals surface area contributed by atoms with Gasteiger partial charge in [-0.25, -0.2) is 12.8 Å². The number of sulfone groups is 1. The Hall–Kier alpha value is -1.18. The van der Waals surface area contributed by atoms with Crippen LogP contribution in [0.3, 0.4) is 0 Å². The summed E-state index contributed by atoms with van der Waals surface area (Å²) in [5, 5.41) is 0.262. The molecule has 3 rings (SSSR count). The van der Waals surface area contributed by atoms with E-state index in [4.69, 9.17) is 11.6 Å². The highest BCUT2D eigenvalue weighted by Gasteiger charge is 2.34. The number of rotatable bonds is 3. The van der Waals surface area contributed by atoms with Gasteiger partial charge >= 0.3 is 0 Å². The number of halogens is 2. The Morgan fingerprint density at radius 2 is 1.96 bits per heavy atom. The summed E-state index contributed by atoms with van der Waals surface area (Å²) in [6.45, 7) is 2.36. The molecular formula is C16H20ClFN2O3S. The third-order valence-corrected chi connectivity index (χ3v) is 6.89. The largest absolute Gasteiger partial charge is 0.340 e. The quantitative estimate of drug-likeness (QED) is 0.801. The van der Waals surface area contributed by atoms with Gasteiger partial charge in [0, 0.05) is 42.8 Å². The first-order valence-corrected chi connectivity index (χ1v) is 10.2. The molecule has 8 heteroatoms. The molecule has 1 amide bonds. The summed E-state index contributed by atoms with van der Waals surface area (Å²) in [4.78, 5) is 16.2. The number of nitrogens with zero attached hydrogens (tertiary/aromatic N) is 2. The van der Waals surface area contributed by atoms with E-state index in [1.54, 1.807) is 11.0 Å². The Balaban J connectivity index is 1.56. The molecule has 2 aliphatic rings. The maximum atomic E-state index is 13.8. The molecule has 1 aromatic rings. The first-order chi connectivity index (χ1) is 11.4. The van der Waals surface area contributed by atoms with E-state index in [2.05, 4.69) is 4.90 Å². The Morgan fingerprint density at radius 1 is 1.25 bits per heavy atom. The molecule has 1 atom stereocenters. The smallest absolute Gasteiger partial charge is 0.227 e. The molecule has 5 nitrogen and oxygen atoms in total. The number of carbonyl (C=O) groups is 1. The molecule has 132 valence electrons. The lowest BCUT2D eigenvalue weighted by Crippen LogP contribution is -2.52. The zero-order valence-corrected chi connectivity index (χ0v) is 14.8. The summed E-state index contributed by atoms with van der Waals surface area (Å²) in [6.07, 6.45) is 0.616. The predicted octanol–water partition coefficient (Wildman–Crippen LogP) is 1.35. The van der Waals surface area contributed by atoms with Crippen LogP contribution < -0.4 is 0 Å². The zero-order valence-electron chi connectivity index (χ0n) is 13.2. The van der Waals surface area contributed by atoms with E-state index < -0.39 is 15.7 Å². The van der Waals surface area contributed by atoms with Crippen molar-refractivity contribution >= 4 is 27.3 Å². The molecule has 0 unspecified atom stereocenters. The van der Waals surface area contributed by atoms with Gasteiger partial charge in [-0.15, -0.1) is 0 Å². The summed E-state index contributed by atoms with van der Waals surface area (Å²) in [6, 6.07) is 4.45. The minimum absolute atomic E-state index is 0.0523. The van der Waals surface area contributed by atoms with Crippen LogP contribution >= 0.6 is 11.6 Å². The molecule has 0 radical (unpaired) electrons. The van der Waals surface area contributed by atoms with E-state index in [-0.39, 0.29) is 40.5 Å². The van der Waals surface area contributed by atoms with E-state index in [0.29, 0.717) is 32.6 Å². The van der Waals surface area contributed by atoms with E-state index in [0.717, 1.165) is 0 Å². The SMILES string of the molecule is O=C(Cc1c(F)cccc1Cl)N1CCN([C@H]2CCS(=O)(=O)C2)CC1. The Kier molecular flexibility index (Phi) is 5.13. The van der Waals surface area contributed by atoms with E-state index in [1.165, 1.54) is 12.1 Å². The highest BCUT2D eigenvalue weighted by Crippen LogP contribution is 2.22. The summed E-state index contributed by atoms with van der Waals surface area (Å²) >= 11 is 5.97. The normalized spacial score (nSPS) is 24.2. The molecule has 0 bridgehead atoms. The topological polar surface area (TPSA) is 57.7 Å². The minimum atomic E-state index is -2.90. The highest BCUT2D eigenvalue weighted by atomic mass is 35.5. The predicted molar refractivity (Wildman–Crippen MR) is 90.3 cm³/mol. The molecule has 2 heterocycles. The van der Waals surface area contributed by atoms with Crippen molar-refractivity contribution in [3.63, 3.8) is 0 Å². The second-order valence-electron chi connectivity index (χ2n) is 6.35. The molecule has 0 aromatic heterocycles. The Bertz CT molecular complexity index is 713. The monoisotopic (exact) mass is 374 g/mol. The maximum Gasteiger partial charge on any atom is 0.227 e. The van der Waals surface area contributed by atoms with Gasteiger partial charge in [-0.3, -0.25) is 9.69 Å². The van der Waals surface area contributed by atoms with Gasteiger partial charge in [0.15, 0.2) is 9.84 Å². The number of carbonyl (C=O) groups excluding carboxylic acids is 1. The van der Waals surface area contributed by atoms with E-state index in [9.17, 15) is 17.6 Å². The van der Waals surface area contributed by atoms with Crippen molar-refractivity contribution in [1.29, 1.82) is 0 Å². The van der Waals surface area contributed by atoms with Gasteiger partial charge in [-0.2, -0.15) is 0 Å². The molecule has 0 spiro atoms. The molecular weight excluding hydrogens is 355 g/mol. The summed E-state index contributed by atoms with van der Waals surface area (Å²) < 4.78 is 37.0. The second-order valence-corrected chi connectivity index (χ2v) is 8.99. The lowest BCUT2D eigenvalue weighted by atomic mass is 10.1. The molecule has 2 aliphatic heterocycles. The summed E-state index contributed by atoms with van der Waals surface area (Å²) in [5.41, 5.74) is 0.230. The van der Waals surface area contributed by atoms with Gasteiger partial charge < -0.3 is 4.90 Å². The van der Waals surface area contributed by atoms with Crippen LogP contribution in [-0.2, 0) is 21.1 Å². The Morgan fingerprint density at radius 3 is 2.54 bits per heavy atom. The van der Waals surface area contributed by atoms with Gasteiger partial charge in [0.25, 0.3) is 0 Å². The van der Waals surface area contributed by atoms with Crippen molar-refractivity contribution in [3.8, 4) is 0 Å². The van der Waals surface area contributed by atoms with Crippen molar-refractivity contribution in [2.45, 2.75) is 18.9 Å². The van der Waals surface area contributed by atoms with E-state index in [1.807, 2.05) is 0 Å². The van der Waals surface area contributed by atoms with Crippen LogP contribution in [0.2, 0.25) is 5.02 Å². The third-order valence-electron chi connectivity index (χ3n) is 4.78. The van der Waals surface area contributed by atoms with Gasteiger partial charge in [-0.1, -0.05) is 17.7 Å². The lowest BCUT2D eigenvalue weighted by molar-refractivity contribution is -0.132. The number of benzene rings is 1. The molecule has 24 heavy (non-hydrogen) atoms. The molecule has 2 saturated heterocycles. The van der Waals surface area contributed by atoms with Gasteiger partial charge in [0.1, 0.15) is 5.82 Å². The van der Waals surface area contributed by atoms with Crippen molar-refractivity contribution in [2.75, 3.05) is 37.7 Å². The fourth-order valence-corrected chi connectivity index (χ4v) is 5.36. The van der Waals surface area contributed by atoms with Crippen LogP contribution in [0.4, 0.5) is 4.39 Å². The van der Waals surface area contributed by atoms with Crippen LogP contribution in [0.5, 0.6) is 0 Å².